The van der Waals surface area contributed by atoms with Crippen molar-refractivity contribution >= 4 is 15.8 Å². The minimum atomic E-state index is -4.79. The third-order valence-electron chi connectivity index (χ3n) is 2.83. The second-order valence-electron chi connectivity index (χ2n) is 4.60. The number of hydrogen-bond acceptors (Lipinski definition) is 5. The number of halogens is 6. The number of methoxy groups -OCH3 is 1. The monoisotopic (exact) mass is 379 g/mol. The molecule has 0 saturated carbocycles. The van der Waals surface area contributed by atoms with Crippen LogP contribution in [0, 0.1) is 0 Å². The van der Waals surface area contributed by atoms with Crippen molar-refractivity contribution < 1.29 is 44.3 Å². The zero-order chi connectivity index (χ0) is 18.8. The first-order valence-electron chi connectivity index (χ1n) is 6.17. The van der Waals surface area contributed by atoms with E-state index in [0.717, 1.165) is 7.11 Å². The molecule has 0 amide bonds. The lowest BCUT2D eigenvalue weighted by molar-refractivity contribution is -0.140. The Morgan fingerprint density at radius 1 is 1.21 bits per heavy atom. The van der Waals surface area contributed by atoms with Crippen LogP contribution in [-0.4, -0.2) is 38.4 Å². The lowest BCUT2D eigenvalue weighted by Gasteiger charge is -2.16. The summed E-state index contributed by atoms with van der Waals surface area (Å²) in [7, 11) is -3.92. The smallest absolute Gasteiger partial charge is 0.417 e. The SMILES string of the molecule is COC(=O)C(c1ccc(C(F)(F)F)cn1)S(=O)(=O)CCC(F)(F)F. The molecule has 1 rings (SSSR count). The molecule has 1 atom stereocenters. The van der Waals surface area contributed by atoms with Crippen molar-refractivity contribution in [2.75, 3.05) is 12.9 Å². The van der Waals surface area contributed by atoms with Crippen LogP contribution in [0.1, 0.15) is 22.9 Å². The van der Waals surface area contributed by atoms with E-state index < -0.39 is 56.8 Å². The van der Waals surface area contributed by atoms with Gasteiger partial charge in [0.05, 0.1) is 30.5 Å². The average Bonchev–Trinajstić information content (AvgIpc) is 2.44. The molecule has 0 aliphatic carbocycles. The summed E-state index contributed by atoms with van der Waals surface area (Å²) in [5.41, 5.74) is -1.86. The number of rotatable bonds is 5. The predicted molar refractivity (Wildman–Crippen MR) is 68.5 cm³/mol. The lowest BCUT2D eigenvalue weighted by atomic mass is 10.2. The van der Waals surface area contributed by atoms with Crippen molar-refractivity contribution in [3.8, 4) is 0 Å². The highest BCUT2D eigenvalue weighted by molar-refractivity contribution is 7.92. The summed E-state index contributed by atoms with van der Waals surface area (Å²) in [6.45, 7) is 0. The fraction of sp³-hybridized carbons (Fsp3) is 0.500. The van der Waals surface area contributed by atoms with Crippen LogP contribution < -0.4 is 0 Å². The molecule has 0 saturated heterocycles. The number of alkyl halides is 6. The summed E-state index contributed by atoms with van der Waals surface area (Å²) in [6, 6.07) is 1.08. The molecular weight excluding hydrogens is 368 g/mol. The van der Waals surface area contributed by atoms with Gasteiger partial charge in [-0.25, -0.2) is 8.42 Å². The van der Waals surface area contributed by atoms with E-state index in [0.29, 0.717) is 12.1 Å². The Labute approximate surface area is 132 Å². The highest BCUT2D eigenvalue weighted by Gasteiger charge is 2.40. The van der Waals surface area contributed by atoms with E-state index in [4.69, 9.17) is 0 Å². The van der Waals surface area contributed by atoms with Gasteiger partial charge in [0.25, 0.3) is 0 Å². The van der Waals surface area contributed by atoms with E-state index >= 15 is 0 Å². The van der Waals surface area contributed by atoms with Gasteiger partial charge in [-0.2, -0.15) is 26.3 Å². The summed E-state index contributed by atoms with van der Waals surface area (Å²) in [5, 5.41) is -2.24. The molecule has 0 fully saturated rings. The van der Waals surface area contributed by atoms with Crippen LogP contribution >= 0.6 is 0 Å². The Hall–Kier alpha value is -1.85. The Bertz CT molecular complexity index is 681. The first kappa shape index (κ1) is 20.2. The van der Waals surface area contributed by atoms with Crippen molar-refractivity contribution in [1.82, 2.24) is 4.98 Å². The first-order chi connectivity index (χ1) is 10.8. The summed E-state index contributed by atoms with van der Waals surface area (Å²) >= 11 is 0. The van der Waals surface area contributed by atoms with Gasteiger partial charge in [0.2, 0.25) is 5.25 Å². The number of carbonyl (C=O) groups excluding carboxylic acids is 1. The third-order valence-corrected chi connectivity index (χ3v) is 4.75. The van der Waals surface area contributed by atoms with Crippen LogP contribution in [0.3, 0.4) is 0 Å². The van der Waals surface area contributed by atoms with E-state index in [9.17, 15) is 39.6 Å². The van der Waals surface area contributed by atoms with Crippen molar-refractivity contribution in [3.63, 3.8) is 0 Å². The van der Waals surface area contributed by atoms with Gasteiger partial charge < -0.3 is 4.74 Å². The summed E-state index contributed by atoms with van der Waals surface area (Å²) < 4.78 is 102. The Balaban J connectivity index is 3.21. The number of aromatic nitrogens is 1. The molecular formula is C12H11F6NO4S. The van der Waals surface area contributed by atoms with Crippen molar-refractivity contribution in [3.05, 3.63) is 29.6 Å². The van der Waals surface area contributed by atoms with E-state index in [1.165, 1.54) is 0 Å². The molecule has 0 aliphatic heterocycles. The fourth-order valence-corrected chi connectivity index (χ4v) is 3.31. The number of ether oxygens (including phenoxy) is 1. The fourth-order valence-electron chi connectivity index (χ4n) is 1.66. The van der Waals surface area contributed by atoms with Gasteiger partial charge >= 0.3 is 18.3 Å². The van der Waals surface area contributed by atoms with Gasteiger partial charge in [0, 0.05) is 6.20 Å². The molecule has 136 valence electrons. The lowest BCUT2D eigenvalue weighted by Crippen LogP contribution is -2.28. The number of esters is 1. The molecule has 1 unspecified atom stereocenters. The van der Waals surface area contributed by atoms with Crippen LogP contribution in [-0.2, 0) is 25.5 Å². The van der Waals surface area contributed by atoms with Crippen LogP contribution in [0.25, 0.3) is 0 Å². The molecule has 5 nitrogen and oxygen atoms in total. The Kier molecular flexibility index (Phi) is 5.85. The summed E-state index contributed by atoms with van der Waals surface area (Å²) in [5.74, 6) is -2.87. The number of pyridine rings is 1. The first-order valence-corrected chi connectivity index (χ1v) is 7.89. The van der Waals surface area contributed by atoms with Gasteiger partial charge in [-0.3, -0.25) is 9.78 Å². The number of hydrogen-bond donors (Lipinski definition) is 0. The maximum atomic E-state index is 12.5. The molecule has 0 aliphatic rings. The molecule has 0 radical (unpaired) electrons. The van der Waals surface area contributed by atoms with E-state index in [1.54, 1.807) is 0 Å². The van der Waals surface area contributed by atoms with Gasteiger partial charge in [-0.15, -0.1) is 0 Å². The number of nitrogens with zero attached hydrogens (tertiary/aromatic N) is 1. The van der Waals surface area contributed by atoms with E-state index in [1.807, 2.05) is 0 Å². The van der Waals surface area contributed by atoms with E-state index in [2.05, 4.69) is 9.72 Å². The predicted octanol–water partition coefficient (Wildman–Crippen LogP) is 2.68. The topological polar surface area (TPSA) is 73.3 Å². The molecule has 24 heavy (non-hydrogen) atoms. The van der Waals surface area contributed by atoms with Gasteiger partial charge in [-0.1, -0.05) is 0 Å². The zero-order valence-corrected chi connectivity index (χ0v) is 12.8. The minimum absolute atomic E-state index is 0.282. The second kappa shape index (κ2) is 6.95. The van der Waals surface area contributed by atoms with Gasteiger partial charge in [0.1, 0.15) is 0 Å². The molecule has 1 aromatic heterocycles. The third kappa shape index (κ3) is 5.35. The second-order valence-corrected chi connectivity index (χ2v) is 6.81. The Morgan fingerprint density at radius 3 is 2.17 bits per heavy atom. The molecule has 0 spiro atoms. The largest absolute Gasteiger partial charge is 0.468 e. The molecule has 1 aromatic rings. The van der Waals surface area contributed by atoms with Crippen molar-refractivity contribution in [2.45, 2.75) is 24.0 Å². The standard InChI is InChI=1S/C12H11F6NO4S/c1-23-10(20)9(24(21,22)5-4-11(13,14)15)8-3-2-7(6-19-8)12(16,17)18/h2-3,6,9H,4-5H2,1H3. The van der Waals surface area contributed by atoms with Crippen LogP contribution in [0.15, 0.2) is 18.3 Å². The molecule has 0 aromatic carbocycles. The van der Waals surface area contributed by atoms with Crippen LogP contribution in [0.4, 0.5) is 26.3 Å². The maximum Gasteiger partial charge on any atom is 0.417 e. The van der Waals surface area contributed by atoms with Crippen LogP contribution in [0.5, 0.6) is 0 Å². The van der Waals surface area contributed by atoms with E-state index in [-0.39, 0.29) is 6.20 Å². The molecule has 0 bridgehead atoms. The summed E-state index contributed by atoms with van der Waals surface area (Å²) in [6.07, 6.45) is -11.0. The number of carbonyl (C=O) groups is 1. The normalized spacial score (nSPS) is 14.3. The van der Waals surface area contributed by atoms with Crippen molar-refractivity contribution in [1.29, 1.82) is 0 Å². The number of sulfone groups is 1. The Morgan fingerprint density at radius 2 is 1.79 bits per heavy atom. The zero-order valence-electron chi connectivity index (χ0n) is 12.0. The van der Waals surface area contributed by atoms with Crippen LogP contribution in [0.2, 0.25) is 0 Å². The maximum absolute atomic E-state index is 12.5. The highest BCUT2D eigenvalue weighted by Crippen LogP contribution is 2.31. The average molecular weight is 379 g/mol. The summed E-state index contributed by atoms with van der Waals surface area (Å²) in [4.78, 5) is 14.9. The quantitative estimate of drug-likeness (QED) is 0.581. The van der Waals surface area contributed by atoms with Crippen molar-refractivity contribution in [2.24, 2.45) is 0 Å². The molecule has 0 N–H and O–H groups in total. The van der Waals surface area contributed by atoms with Gasteiger partial charge in [0.15, 0.2) is 9.84 Å². The highest BCUT2D eigenvalue weighted by atomic mass is 32.2. The minimum Gasteiger partial charge on any atom is -0.468 e. The van der Waals surface area contributed by atoms with Gasteiger partial charge in [-0.05, 0) is 12.1 Å². The molecule has 12 heteroatoms. The molecule has 1 heterocycles.